The van der Waals surface area contributed by atoms with Crippen LogP contribution in [0.3, 0.4) is 0 Å². The van der Waals surface area contributed by atoms with Gasteiger partial charge in [0.25, 0.3) is 0 Å². The molecule has 0 heterocycles. The van der Waals surface area contributed by atoms with Crippen molar-refractivity contribution in [2.75, 3.05) is 17.7 Å². The summed E-state index contributed by atoms with van der Waals surface area (Å²) in [6.45, 7) is 7.71. The topological polar surface area (TPSA) is 41.1 Å². The Morgan fingerprint density at radius 1 is 1.19 bits per heavy atom. The average Bonchev–Trinajstić information content (AvgIpc) is 2.16. The van der Waals surface area contributed by atoms with Crippen LogP contribution in [0.5, 0.6) is 0 Å². The van der Waals surface area contributed by atoms with Crippen LogP contribution in [0.25, 0.3) is 0 Å². The van der Waals surface area contributed by atoms with Gasteiger partial charge < -0.3 is 10.6 Å². The van der Waals surface area contributed by atoms with E-state index in [1.165, 1.54) is 0 Å². The van der Waals surface area contributed by atoms with Crippen molar-refractivity contribution in [1.29, 1.82) is 0 Å². The third-order valence-corrected chi connectivity index (χ3v) is 2.37. The van der Waals surface area contributed by atoms with Crippen LogP contribution in [0.4, 0.5) is 11.4 Å². The van der Waals surface area contributed by atoms with Gasteiger partial charge >= 0.3 is 0 Å². The maximum atomic E-state index is 11.9. The Kier molecular flexibility index (Phi) is 3.58. The zero-order chi connectivity index (χ0) is 12.3. The molecule has 1 amide bonds. The Balaban J connectivity index is 2.96. The van der Waals surface area contributed by atoms with E-state index in [-0.39, 0.29) is 11.3 Å². The molecule has 0 unspecified atom stereocenters. The highest BCUT2D eigenvalue weighted by molar-refractivity contribution is 5.97. The summed E-state index contributed by atoms with van der Waals surface area (Å²) in [6, 6.07) is 5.95. The quantitative estimate of drug-likeness (QED) is 0.804. The van der Waals surface area contributed by atoms with Crippen LogP contribution < -0.4 is 10.6 Å². The van der Waals surface area contributed by atoms with Crippen LogP contribution >= 0.6 is 0 Å². The van der Waals surface area contributed by atoms with Crippen molar-refractivity contribution in [1.82, 2.24) is 0 Å². The predicted octanol–water partition coefficient (Wildman–Crippen LogP) is 3.02. The number of nitrogens with one attached hydrogen (secondary N) is 2. The Labute approximate surface area is 97.2 Å². The lowest BCUT2D eigenvalue weighted by atomic mass is 9.95. The fraction of sp³-hybridized carbons (Fsp3) is 0.462. The van der Waals surface area contributed by atoms with Gasteiger partial charge in [0.15, 0.2) is 0 Å². The molecule has 1 aromatic carbocycles. The molecule has 0 radical (unpaired) electrons. The molecule has 0 aliphatic rings. The summed E-state index contributed by atoms with van der Waals surface area (Å²) < 4.78 is 0. The van der Waals surface area contributed by atoms with Crippen molar-refractivity contribution in [2.45, 2.75) is 27.7 Å². The number of rotatable bonds is 2. The first kappa shape index (κ1) is 12.6. The number of carbonyl (C=O) groups is 1. The summed E-state index contributed by atoms with van der Waals surface area (Å²) in [4.78, 5) is 11.9. The van der Waals surface area contributed by atoms with Crippen molar-refractivity contribution < 1.29 is 4.79 Å². The third kappa shape index (κ3) is 2.99. The van der Waals surface area contributed by atoms with Gasteiger partial charge in [-0.2, -0.15) is 0 Å². The second-order valence-electron chi connectivity index (χ2n) is 5.00. The normalized spacial score (nSPS) is 11.1. The molecular formula is C13H20N2O. The van der Waals surface area contributed by atoms with Crippen LogP contribution in [-0.2, 0) is 4.79 Å². The zero-order valence-electron chi connectivity index (χ0n) is 10.6. The summed E-state index contributed by atoms with van der Waals surface area (Å²) in [6.07, 6.45) is 0. The molecule has 0 aliphatic heterocycles. The zero-order valence-corrected chi connectivity index (χ0v) is 10.6. The van der Waals surface area contributed by atoms with E-state index in [1.54, 1.807) is 0 Å². The molecule has 3 nitrogen and oxygen atoms in total. The van der Waals surface area contributed by atoms with Gasteiger partial charge in [0.05, 0.1) is 11.4 Å². The Morgan fingerprint density at radius 2 is 1.81 bits per heavy atom. The maximum Gasteiger partial charge on any atom is 0.229 e. The van der Waals surface area contributed by atoms with Gasteiger partial charge in [-0.15, -0.1) is 0 Å². The summed E-state index contributed by atoms with van der Waals surface area (Å²) in [7, 11) is 1.84. The molecular weight excluding hydrogens is 200 g/mol. The highest BCUT2D eigenvalue weighted by Crippen LogP contribution is 2.25. The van der Waals surface area contributed by atoms with E-state index >= 15 is 0 Å². The van der Waals surface area contributed by atoms with Crippen molar-refractivity contribution in [3.05, 3.63) is 23.8 Å². The van der Waals surface area contributed by atoms with Gasteiger partial charge in [-0.1, -0.05) is 26.8 Å². The number of benzene rings is 1. The average molecular weight is 220 g/mol. The van der Waals surface area contributed by atoms with E-state index in [1.807, 2.05) is 52.9 Å². The lowest BCUT2D eigenvalue weighted by Crippen LogP contribution is -2.27. The molecule has 0 saturated heterocycles. The van der Waals surface area contributed by atoms with Gasteiger partial charge in [-0.25, -0.2) is 0 Å². The molecule has 88 valence electrons. The fourth-order valence-corrected chi connectivity index (χ4v) is 1.29. The number of anilines is 2. The van der Waals surface area contributed by atoms with Crippen LogP contribution in [0.15, 0.2) is 18.2 Å². The van der Waals surface area contributed by atoms with Crippen LogP contribution in [0.1, 0.15) is 26.3 Å². The molecule has 1 aromatic rings. The molecule has 0 aromatic heterocycles. The second kappa shape index (κ2) is 4.56. The number of aryl methyl sites for hydroxylation is 1. The molecule has 16 heavy (non-hydrogen) atoms. The molecule has 0 fully saturated rings. The number of hydrogen-bond donors (Lipinski definition) is 2. The van der Waals surface area contributed by atoms with E-state index in [9.17, 15) is 4.79 Å². The lowest BCUT2D eigenvalue weighted by molar-refractivity contribution is -0.123. The van der Waals surface area contributed by atoms with Gasteiger partial charge in [-0.05, 0) is 24.6 Å². The standard InChI is InChI=1S/C13H20N2O/c1-9-6-7-10(14-5)11(8-9)15-12(16)13(2,3)4/h6-8,14H,1-5H3,(H,15,16). The Hall–Kier alpha value is -1.51. The largest absolute Gasteiger partial charge is 0.386 e. The van der Waals surface area contributed by atoms with E-state index in [2.05, 4.69) is 10.6 Å². The second-order valence-corrected chi connectivity index (χ2v) is 5.00. The highest BCUT2D eigenvalue weighted by atomic mass is 16.2. The minimum atomic E-state index is -0.380. The maximum absolute atomic E-state index is 11.9. The first-order valence-electron chi connectivity index (χ1n) is 5.44. The summed E-state index contributed by atoms with van der Waals surface area (Å²) >= 11 is 0. The number of amides is 1. The van der Waals surface area contributed by atoms with E-state index in [4.69, 9.17) is 0 Å². The van der Waals surface area contributed by atoms with Crippen molar-refractivity contribution in [3.63, 3.8) is 0 Å². The van der Waals surface area contributed by atoms with Gasteiger partial charge in [0.2, 0.25) is 5.91 Å². The number of hydrogen-bond acceptors (Lipinski definition) is 2. The van der Waals surface area contributed by atoms with Crippen molar-refractivity contribution in [3.8, 4) is 0 Å². The van der Waals surface area contributed by atoms with E-state index in [0.717, 1.165) is 16.9 Å². The minimum Gasteiger partial charge on any atom is -0.386 e. The van der Waals surface area contributed by atoms with Gasteiger partial charge in [-0.3, -0.25) is 4.79 Å². The summed E-state index contributed by atoms with van der Waals surface area (Å²) in [5, 5.41) is 6.01. The van der Waals surface area contributed by atoms with Crippen LogP contribution in [-0.4, -0.2) is 13.0 Å². The van der Waals surface area contributed by atoms with Crippen LogP contribution in [0, 0.1) is 12.3 Å². The first-order chi connectivity index (χ1) is 7.34. The summed E-state index contributed by atoms with van der Waals surface area (Å²) in [5.41, 5.74) is 2.52. The molecule has 0 spiro atoms. The number of carbonyl (C=O) groups excluding carboxylic acids is 1. The molecule has 0 atom stereocenters. The molecule has 3 heteroatoms. The van der Waals surface area contributed by atoms with Crippen LogP contribution in [0.2, 0.25) is 0 Å². The molecule has 2 N–H and O–H groups in total. The van der Waals surface area contributed by atoms with E-state index in [0.29, 0.717) is 0 Å². The predicted molar refractivity (Wildman–Crippen MR) is 68.8 cm³/mol. The van der Waals surface area contributed by atoms with Gasteiger partial charge in [0.1, 0.15) is 0 Å². The van der Waals surface area contributed by atoms with E-state index < -0.39 is 0 Å². The monoisotopic (exact) mass is 220 g/mol. The molecule has 0 bridgehead atoms. The first-order valence-corrected chi connectivity index (χ1v) is 5.44. The van der Waals surface area contributed by atoms with Crippen molar-refractivity contribution >= 4 is 17.3 Å². The smallest absolute Gasteiger partial charge is 0.229 e. The lowest BCUT2D eigenvalue weighted by Gasteiger charge is -2.19. The Bertz CT molecular complexity index is 391. The summed E-state index contributed by atoms with van der Waals surface area (Å²) in [5.74, 6) is 0.0228. The van der Waals surface area contributed by atoms with Crippen molar-refractivity contribution in [2.24, 2.45) is 5.41 Å². The molecule has 0 aliphatic carbocycles. The Morgan fingerprint density at radius 3 is 2.31 bits per heavy atom. The third-order valence-electron chi connectivity index (χ3n) is 2.37. The molecule has 0 saturated carbocycles. The highest BCUT2D eigenvalue weighted by Gasteiger charge is 2.21. The van der Waals surface area contributed by atoms with Gasteiger partial charge in [0, 0.05) is 12.5 Å². The minimum absolute atomic E-state index is 0.0228. The fourth-order valence-electron chi connectivity index (χ4n) is 1.29. The molecule has 1 rings (SSSR count). The SMILES string of the molecule is CNc1ccc(C)cc1NC(=O)C(C)(C)C.